The monoisotopic (exact) mass is 866 g/mol. The minimum atomic E-state index is -4.46. The third-order valence-electron chi connectivity index (χ3n) is 8.56. The summed E-state index contributed by atoms with van der Waals surface area (Å²) < 4.78 is 26.8. The summed E-state index contributed by atoms with van der Waals surface area (Å²) in [6.45, 7) is 3.24. The lowest BCUT2D eigenvalue weighted by Crippen LogP contribution is -2.27. The number of phosphoric acid groups is 1. The molecule has 0 saturated heterocycles. The number of rotatable bonds is 40. The number of allylic oxidation sites excluding steroid dienone is 22. The fraction of sp³-hybridized carbons (Fsp3) is 0.529. The summed E-state index contributed by atoms with van der Waals surface area (Å²) >= 11 is 0. The van der Waals surface area contributed by atoms with E-state index in [9.17, 15) is 24.2 Å². The van der Waals surface area contributed by atoms with E-state index in [-0.39, 0.29) is 32.1 Å². The van der Waals surface area contributed by atoms with E-state index in [4.69, 9.17) is 13.8 Å². The molecule has 3 N–H and O–H groups in total. The molecule has 0 heterocycles. The van der Waals surface area contributed by atoms with E-state index >= 15 is 0 Å². The van der Waals surface area contributed by atoms with Crippen LogP contribution in [-0.2, 0) is 27.9 Å². The van der Waals surface area contributed by atoms with Gasteiger partial charge in [-0.3, -0.25) is 18.6 Å². The van der Waals surface area contributed by atoms with Gasteiger partial charge in [0.2, 0.25) is 5.91 Å². The van der Waals surface area contributed by atoms with E-state index in [0.29, 0.717) is 19.3 Å². The van der Waals surface area contributed by atoms with E-state index in [2.05, 4.69) is 147 Å². The largest absolute Gasteiger partial charge is 0.472 e. The highest BCUT2D eigenvalue weighted by atomic mass is 31.2. The van der Waals surface area contributed by atoms with Gasteiger partial charge < -0.3 is 20.1 Å². The molecule has 9 nitrogen and oxygen atoms in total. The molecule has 342 valence electrons. The lowest BCUT2D eigenvalue weighted by atomic mass is 10.2. The average molecular weight is 866 g/mol. The summed E-state index contributed by atoms with van der Waals surface area (Å²) in [4.78, 5) is 33.9. The van der Waals surface area contributed by atoms with Crippen LogP contribution in [-0.4, -0.2) is 54.3 Å². The van der Waals surface area contributed by atoms with Gasteiger partial charge in [-0.15, -0.1) is 0 Å². The SMILES string of the molecule is CC/C=C\C/C=C\C/C=C\C/C=C\C/C=C\C/C=C\C/C=C\CCCC(=O)OCC(O)COP(=O)(O)OCCNC(=O)CCC/C=C\C/C=C\C/C=C\C/C=C\CCCCC. The first-order valence-electron chi connectivity index (χ1n) is 22.7. The standard InChI is InChI=1S/C51H80NO8P/c1-3-5-7-9-11-13-15-17-19-21-22-23-24-25-26-28-30-32-34-36-38-40-42-44-51(55)58-47-49(53)48-60-61(56,57)59-46-45-52-50(54)43-41-39-37-35-33-31-29-27-20-18-16-14-12-10-8-6-4-2/h5,7,11-14,17-20,22-23,25-26,29-32,35-38,49,53H,3-4,6,8-10,15-16,21,24,27-28,33-34,39-48H2,1-2H3,(H,52,54)(H,56,57)/b7-5-,13-11-,14-12-,19-17-,20-18-,23-22-,26-25-,31-29-,32-30-,37-35-,38-36-. The minimum Gasteiger partial charge on any atom is -0.463 e. The van der Waals surface area contributed by atoms with Gasteiger partial charge in [-0.1, -0.05) is 160 Å². The van der Waals surface area contributed by atoms with Crippen LogP contribution in [0.3, 0.4) is 0 Å². The second-order valence-corrected chi connectivity index (χ2v) is 15.7. The Kier molecular flexibility index (Phi) is 42.8. The fourth-order valence-corrected chi connectivity index (χ4v) is 5.94. The predicted octanol–water partition coefficient (Wildman–Crippen LogP) is 13.1. The van der Waals surface area contributed by atoms with Gasteiger partial charge in [0.05, 0.1) is 13.2 Å². The third-order valence-corrected chi connectivity index (χ3v) is 9.55. The Morgan fingerprint density at radius 1 is 0.525 bits per heavy atom. The summed E-state index contributed by atoms with van der Waals surface area (Å²) in [5.41, 5.74) is 0. The molecule has 2 unspecified atom stereocenters. The van der Waals surface area contributed by atoms with Crippen LogP contribution in [0.2, 0.25) is 0 Å². The van der Waals surface area contributed by atoms with Gasteiger partial charge in [-0.25, -0.2) is 4.57 Å². The van der Waals surface area contributed by atoms with Gasteiger partial charge in [-0.2, -0.15) is 0 Å². The molecule has 0 fully saturated rings. The molecule has 0 aromatic rings. The van der Waals surface area contributed by atoms with Crippen LogP contribution in [0.1, 0.15) is 142 Å². The molecule has 2 atom stereocenters. The molecule has 0 aromatic carbocycles. The lowest BCUT2D eigenvalue weighted by molar-refractivity contribution is -0.147. The molecule has 0 spiro atoms. The molecule has 61 heavy (non-hydrogen) atoms. The maximum Gasteiger partial charge on any atom is 0.472 e. The van der Waals surface area contributed by atoms with Gasteiger partial charge in [-0.05, 0) is 103 Å². The zero-order chi connectivity index (χ0) is 44.6. The summed E-state index contributed by atoms with van der Waals surface area (Å²) in [6.07, 6.45) is 63.9. The van der Waals surface area contributed by atoms with Crippen molar-refractivity contribution in [2.45, 2.75) is 148 Å². The van der Waals surface area contributed by atoms with E-state index in [1.54, 1.807) is 0 Å². The number of ether oxygens (including phenoxy) is 1. The first-order chi connectivity index (χ1) is 29.8. The van der Waals surface area contributed by atoms with Crippen molar-refractivity contribution in [3.05, 3.63) is 134 Å². The van der Waals surface area contributed by atoms with Gasteiger partial charge >= 0.3 is 13.8 Å². The van der Waals surface area contributed by atoms with Gasteiger partial charge in [0.15, 0.2) is 0 Å². The second kappa shape index (κ2) is 45.7. The Balaban J connectivity index is 3.80. The van der Waals surface area contributed by atoms with Crippen molar-refractivity contribution in [2.24, 2.45) is 0 Å². The van der Waals surface area contributed by atoms with Crippen molar-refractivity contribution >= 4 is 19.7 Å². The van der Waals surface area contributed by atoms with Crippen LogP contribution in [0.5, 0.6) is 0 Å². The van der Waals surface area contributed by atoms with Gasteiger partial charge in [0.25, 0.3) is 0 Å². The topological polar surface area (TPSA) is 131 Å². The minimum absolute atomic E-state index is 0.0366. The molecule has 0 rings (SSSR count). The van der Waals surface area contributed by atoms with E-state index in [1.807, 2.05) is 6.08 Å². The number of aliphatic hydroxyl groups excluding tert-OH is 1. The maximum absolute atomic E-state index is 12.1. The maximum atomic E-state index is 12.1. The van der Waals surface area contributed by atoms with Gasteiger partial charge in [0.1, 0.15) is 12.7 Å². The quantitative estimate of drug-likeness (QED) is 0.0240. The number of amides is 1. The number of hydrogen-bond donors (Lipinski definition) is 3. The highest BCUT2D eigenvalue weighted by Crippen LogP contribution is 2.42. The summed E-state index contributed by atoms with van der Waals surface area (Å²) in [7, 11) is -4.46. The first-order valence-corrected chi connectivity index (χ1v) is 24.2. The highest BCUT2D eigenvalue weighted by Gasteiger charge is 2.23. The normalized spacial score (nSPS) is 14.5. The summed E-state index contributed by atoms with van der Waals surface area (Å²) in [5.74, 6) is -0.648. The molecule has 0 aliphatic heterocycles. The average Bonchev–Trinajstić information content (AvgIpc) is 3.25. The van der Waals surface area contributed by atoms with Crippen molar-refractivity contribution in [3.8, 4) is 0 Å². The molecule has 0 aliphatic rings. The van der Waals surface area contributed by atoms with Crippen molar-refractivity contribution < 1.29 is 37.9 Å². The Hall–Kier alpha value is -3.85. The van der Waals surface area contributed by atoms with E-state index in [0.717, 1.165) is 77.0 Å². The molecular weight excluding hydrogens is 786 g/mol. The second-order valence-electron chi connectivity index (χ2n) is 14.3. The number of esters is 1. The Labute approximate surface area is 370 Å². The van der Waals surface area contributed by atoms with Crippen LogP contribution < -0.4 is 5.32 Å². The molecular formula is C51H80NO8P. The van der Waals surface area contributed by atoms with Crippen LogP contribution in [0.25, 0.3) is 0 Å². The number of phosphoric ester groups is 1. The lowest BCUT2D eigenvalue weighted by Gasteiger charge is -2.15. The van der Waals surface area contributed by atoms with Crippen LogP contribution in [0.15, 0.2) is 134 Å². The van der Waals surface area contributed by atoms with E-state index < -0.39 is 26.5 Å². The smallest absolute Gasteiger partial charge is 0.463 e. The molecule has 10 heteroatoms. The molecule has 0 saturated carbocycles. The molecule has 0 aliphatic carbocycles. The highest BCUT2D eigenvalue weighted by molar-refractivity contribution is 7.47. The molecule has 0 radical (unpaired) electrons. The van der Waals surface area contributed by atoms with Crippen molar-refractivity contribution in [3.63, 3.8) is 0 Å². The zero-order valence-electron chi connectivity index (χ0n) is 37.5. The summed E-state index contributed by atoms with van der Waals surface area (Å²) in [5, 5.41) is 12.7. The summed E-state index contributed by atoms with van der Waals surface area (Å²) in [6, 6.07) is 0. The number of nitrogens with one attached hydrogen (secondary N) is 1. The van der Waals surface area contributed by atoms with Crippen LogP contribution in [0.4, 0.5) is 0 Å². The number of aliphatic hydroxyl groups is 1. The van der Waals surface area contributed by atoms with Crippen LogP contribution >= 0.6 is 7.82 Å². The van der Waals surface area contributed by atoms with Crippen molar-refractivity contribution in [1.82, 2.24) is 5.32 Å². The Morgan fingerprint density at radius 2 is 0.918 bits per heavy atom. The fourth-order valence-electron chi connectivity index (χ4n) is 5.18. The molecule has 0 bridgehead atoms. The van der Waals surface area contributed by atoms with Crippen molar-refractivity contribution in [2.75, 3.05) is 26.4 Å². The molecule has 1 amide bonds. The van der Waals surface area contributed by atoms with Crippen molar-refractivity contribution in [1.29, 1.82) is 0 Å². The Morgan fingerprint density at radius 3 is 1.34 bits per heavy atom. The molecule has 0 aromatic heterocycles. The van der Waals surface area contributed by atoms with Crippen LogP contribution in [0, 0.1) is 0 Å². The van der Waals surface area contributed by atoms with Gasteiger partial charge in [0, 0.05) is 19.4 Å². The number of carbonyl (C=O) groups excluding carboxylic acids is 2. The number of unbranched alkanes of at least 4 members (excludes halogenated alkanes) is 5. The first kappa shape index (κ1) is 57.1. The third kappa shape index (κ3) is 47.1. The number of hydrogen-bond acceptors (Lipinski definition) is 7. The van der Waals surface area contributed by atoms with E-state index in [1.165, 1.54) is 25.7 Å². The Bertz CT molecular complexity index is 1450. The zero-order valence-corrected chi connectivity index (χ0v) is 38.4. The predicted molar refractivity (Wildman–Crippen MR) is 256 cm³/mol. The number of carbonyl (C=O) groups is 2.